The molecular weight excluding hydrogens is 200 g/mol. The number of rotatable bonds is 4. The molecule has 0 saturated carbocycles. The molecule has 0 amide bonds. The first-order valence-electron chi connectivity index (χ1n) is 4.26. The summed E-state index contributed by atoms with van der Waals surface area (Å²) in [5.74, 6) is -0.622. The maximum absolute atomic E-state index is 10.7. The van der Waals surface area contributed by atoms with Gasteiger partial charge in [-0.25, -0.2) is 0 Å². The summed E-state index contributed by atoms with van der Waals surface area (Å²) in [6.07, 6.45) is 1.34. The SMILES string of the molecule is O=C(O)CC(c1nn[nH]n1)c1ccco1. The van der Waals surface area contributed by atoms with Crippen molar-refractivity contribution in [2.45, 2.75) is 12.3 Å². The van der Waals surface area contributed by atoms with Crippen molar-refractivity contribution in [3.05, 3.63) is 30.0 Å². The molecule has 2 aromatic rings. The van der Waals surface area contributed by atoms with Crippen molar-refractivity contribution in [2.24, 2.45) is 0 Å². The van der Waals surface area contributed by atoms with Crippen LogP contribution in [0.1, 0.15) is 23.9 Å². The number of carbonyl (C=O) groups is 1. The third kappa shape index (κ3) is 2.01. The zero-order valence-electron chi connectivity index (χ0n) is 7.62. The fourth-order valence-corrected chi connectivity index (χ4v) is 1.30. The summed E-state index contributed by atoms with van der Waals surface area (Å²) in [5.41, 5.74) is 0. The first-order chi connectivity index (χ1) is 7.27. The summed E-state index contributed by atoms with van der Waals surface area (Å²) < 4.78 is 5.14. The monoisotopic (exact) mass is 208 g/mol. The molecule has 7 nitrogen and oxygen atoms in total. The Labute approximate surface area is 84.1 Å². The molecule has 0 aliphatic carbocycles. The molecule has 0 spiro atoms. The van der Waals surface area contributed by atoms with Crippen molar-refractivity contribution >= 4 is 5.97 Å². The van der Waals surface area contributed by atoms with E-state index in [0.29, 0.717) is 11.6 Å². The average molecular weight is 208 g/mol. The number of nitrogens with zero attached hydrogens (tertiary/aromatic N) is 3. The molecule has 2 aromatic heterocycles. The van der Waals surface area contributed by atoms with E-state index in [9.17, 15) is 4.79 Å². The van der Waals surface area contributed by atoms with Crippen molar-refractivity contribution < 1.29 is 14.3 Å². The van der Waals surface area contributed by atoms with Crippen molar-refractivity contribution in [1.29, 1.82) is 0 Å². The van der Waals surface area contributed by atoms with Crippen LogP contribution in [0, 0.1) is 0 Å². The molecule has 0 aromatic carbocycles. The molecule has 0 bridgehead atoms. The largest absolute Gasteiger partial charge is 0.481 e. The maximum atomic E-state index is 10.7. The Kier molecular flexibility index (Phi) is 2.44. The van der Waals surface area contributed by atoms with Crippen molar-refractivity contribution in [3.8, 4) is 0 Å². The molecule has 0 saturated heterocycles. The normalized spacial score (nSPS) is 12.5. The van der Waals surface area contributed by atoms with Crippen LogP contribution in [0.15, 0.2) is 22.8 Å². The van der Waals surface area contributed by atoms with E-state index < -0.39 is 11.9 Å². The van der Waals surface area contributed by atoms with Crippen LogP contribution in [-0.4, -0.2) is 31.7 Å². The van der Waals surface area contributed by atoms with Gasteiger partial charge in [-0.1, -0.05) is 5.21 Å². The van der Waals surface area contributed by atoms with E-state index in [0.717, 1.165) is 0 Å². The predicted octanol–water partition coefficient (Wildman–Crippen LogP) is 0.399. The fraction of sp³-hybridized carbons (Fsp3) is 0.250. The van der Waals surface area contributed by atoms with E-state index in [1.54, 1.807) is 12.1 Å². The molecule has 0 aliphatic heterocycles. The van der Waals surface area contributed by atoms with Crippen LogP contribution in [0.25, 0.3) is 0 Å². The molecule has 0 aliphatic rings. The van der Waals surface area contributed by atoms with E-state index >= 15 is 0 Å². The Morgan fingerprint density at radius 1 is 1.67 bits per heavy atom. The quantitative estimate of drug-likeness (QED) is 0.753. The second kappa shape index (κ2) is 3.91. The van der Waals surface area contributed by atoms with Crippen LogP contribution in [0.2, 0.25) is 0 Å². The maximum Gasteiger partial charge on any atom is 0.304 e. The fourth-order valence-electron chi connectivity index (χ4n) is 1.30. The van der Waals surface area contributed by atoms with Gasteiger partial charge in [0.1, 0.15) is 5.76 Å². The number of H-pyrrole nitrogens is 1. The second-order valence-electron chi connectivity index (χ2n) is 2.94. The van der Waals surface area contributed by atoms with Gasteiger partial charge in [-0.05, 0) is 12.1 Å². The third-order valence-electron chi connectivity index (χ3n) is 1.94. The number of aromatic nitrogens is 4. The van der Waals surface area contributed by atoms with E-state index in [4.69, 9.17) is 9.52 Å². The van der Waals surface area contributed by atoms with E-state index in [-0.39, 0.29) is 6.42 Å². The Morgan fingerprint density at radius 3 is 3.07 bits per heavy atom. The molecule has 1 unspecified atom stereocenters. The zero-order chi connectivity index (χ0) is 10.7. The van der Waals surface area contributed by atoms with Gasteiger partial charge < -0.3 is 9.52 Å². The lowest BCUT2D eigenvalue weighted by Crippen LogP contribution is -2.09. The number of hydrogen-bond acceptors (Lipinski definition) is 5. The number of furan rings is 1. The number of hydrogen-bond donors (Lipinski definition) is 2. The highest BCUT2D eigenvalue weighted by Crippen LogP contribution is 2.24. The highest BCUT2D eigenvalue weighted by atomic mass is 16.4. The topological polar surface area (TPSA) is 105 Å². The number of nitrogens with one attached hydrogen (secondary N) is 1. The van der Waals surface area contributed by atoms with Gasteiger partial charge in [-0.2, -0.15) is 5.21 Å². The highest BCUT2D eigenvalue weighted by Gasteiger charge is 2.24. The van der Waals surface area contributed by atoms with Crippen LogP contribution < -0.4 is 0 Å². The van der Waals surface area contributed by atoms with Crippen LogP contribution in [0.4, 0.5) is 0 Å². The molecular formula is C8H8N4O3. The minimum atomic E-state index is -0.943. The zero-order valence-corrected chi connectivity index (χ0v) is 7.62. The minimum Gasteiger partial charge on any atom is -0.481 e. The average Bonchev–Trinajstić information content (AvgIpc) is 2.87. The summed E-state index contributed by atoms with van der Waals surface area (Å²) in [4.78, 5) is 10.7. The van der Waals surface area contributed by atoms with Gasteiger partial charge in [0, 0.05) is 0 Å². The number of carboxylic acid groups (broad SMARTS) is 1. The van der Waals surface area contributed by atoms with Crippen molar-refractivity contribution in [1.82, 2.24) is 20.6 Å². The minimum absolute atomic E-state index is 0.132. The number of aromatic amines is 1. The van der Waals surface area contributed by atoms with Gasteiger partial charge in [0.25, 0.3) is 0 Å². The van der Waals surface area contributed by atoms with E-state index in [1.807, 2.05) is 0 Å². The first-order valence-corrected chi connectivity index (χ1v) is 4.26. The predicted molar refractivity (Wildman–Crippen MR) is 47.0 cm³/mol. The Morgan fingerprint density at radius 2 is 2.53 bits per heavy atom. The van der Waals surface area contributed by atoms with Gasteiger partial charge in [-0.15, -0.1) is 10.2 Å². The summed E-state index contributed by atoms with van der Waals surface area (Å²) in [6, 6.07) is 3.37. The molecule has 1 atom stereocenters. The summed E-state index contributed by atoms with van der Waals surface area (Å²) in [6.45, 7) is 0. The molecule has 2 N–H and O–H groups in total. The summed E-state index contributed by atoms with van der Waals surface area (Å²) in [5, 5.41) is 21.9. The van der Waals surface area contributed by atoms with Crippen molar-refractivity contribution in [2.75, 3.05) is 0 Å². The van der Waals surface area contributed by atoms with Gasteiger partial charge in [0.2, 0.25) is 0 Å². The smallest absolute Gasteiger partial charge is 0.304 e. The lowest BCUT2D eigenvalue weighted by atomic mass is 10.0. The van der Waals surface area contributed by atoms with Gasteiger partial charge in [0.15, 0.2) is 5.82 Å². The summed E-state index contributed by atoms with van der Waals surface area (Å²) >= 11 is 0. The van der Waals surface area contributed by atoms with Crippen LogP contribution >= 0.6 is 0 Å². The van der Waals surface area contributed by atoms with Crippen LogP contribution in [0.5, 0.6) is 0 Å². The molecule has 7 heteroatoms. The second-order valence-corrected chi connectivity index (χ2v) is 2.94. The van der Waals surface area contributed by atoms with E-state index in [1.165, 1.54) is 6.26 Å². The standard InChI is InChI=1S/C8H8N4O3/c13-7(14)4-5(6-2-1-3-15-6)8-9-11-12-10-8/h1-3,5H,4H2,(H,13,14)(H,9,10,11,12). The lowest BCUT2D eigenvalue weighted by Gasteiger charge is -2.06. The molecule has 0 radical (unpaired) electrons. The number of aliphatic carboxylic acids is 1. The molecule has 2 rings (SSSR count). The molecule has 78 valence electrons. The van der Waals surface area contributed by atoms with E-state index in [2.05, 4.69) is 20.6 Å². The number of carboxylic acids is 1. The van der Waals surface area contributed by atoms with Gasteiger partial charge in [0.05, 0.1) is 18.6 Å². The van der Waals surface area contributed by atoms with Crippen LogP contribution in [0.3, 0.4) is 0 Å². The lowest BCUT2D eigenvalue weighted by molar-refractivity contribution is -0.137. The Balaban J connectivity index is 2.29. The third-order valence-corrected chi connectivity index (χ3v) is 1.94. The molecule has 15 heavy (non-hydrogen) atoms. The molecule has 0 fully saturated rings. The van der Waals surface area contributed by atoms with Crippen LogP contribution in [-0.2, 0) is 4.79 Å². The summed E-state index contributed by atoms with van der Waals surface area (Å²) in [7, 11) is 0. The van der Waals surface area contributed by atoms with Crippen molar-refractivity contribution in [3.63, 3.8) is 0 Å². The Hall–Kier alpha value is -2.18. The Bertz CT molecular complexity index is 388. The molecule has 2 heterocycles. The first kappa shape index (κ1) is 9.38. The van der Waals surface area contributed by atoms with Gasteiger partial charge in [-0.3, -0.25) is 4.79 Å². The number of tetrazole rings is 1. The highest BCUT2D eigenvalue weighted by molar-refractivity contribution is 5.68. The van der Waals surface area contributed by atoms with Gasteiger partial charge >= 0.3 is 5.97 Å².